The van der Waals surface area contributed by atoms with E-state index in [1.165, 1.54) is 12.8 Å². The molecule has 1 N–H and O–H groups in total. The Kier molecular flexibility index (Phi) is 7.27. The van der Waals surface area contributed by atoms with Crippen LogP contribution in [-0.2, 0) is 23.9 Å². The minimum Gasteiger partial charge on any atom is -0.469 e. The van der Waals surface area contributed by atoms with E-state index in [1.807, 2.05) is 0 Å². The van der Waals surface area contributed by atoms with Crippen molar-refractivity contribution >= 4 is 17.8 Å². The van der Waals surface area contributed by atoms with Crippen molar-refractivity contribution in [1.29, 1.82) is 0 Å². The first-order valence-corrected chi connectivity index (χ1v) is 16.1. The van der Waals surface area contributed by atoms with Crippen molar-refractivity contribution in [1.82, 2.24) is 5.32 Å². The maximum absolute atomic E-state index is 13.6. The van der Waals surface area contributed by atoms with Crippen LogP contribution in [0.1, 0.15) is 120 Å². The van der Waals surface area contributed by atoms with Crippen molar-refractivity contribution < 1.29 is 23.9 Å². The molecule has 5 fully saturated rings. The summed E-state index contributed by atoms with van der Waals surface area (Å²) in [6, 6.07) is 0.0486. The molecule has 226 valence electrons. The fraction of sp³-hybridized carbons (Fsp3) is 0.912. The number of fused-ring (bicyclic) bond motifs is 7. The van der Waals surface area contributed by atoms with E-state index in [9.17, 15) is 14.4 Å². The Morgan fingerprint density at radius 2 is 1.50 bits per heavy atom. The van der Waals surface area contributed by atoms with Gasteiger partial charge in [-0.15, -0.1) is 0 Å². The monoisotopic (exact) mass is 557 g/mol. The highest BCUT2D eigenvalue weighted by Gasteiger charge is 2.72. The normalized spacial score (nSPS) is 47.9. The number of nitrogens with one attached hydrogen (secondary N) is 1. The van der Waals surface area contributed by atoms with Gasteiger partial charge in [0.2, 0.25) is 5.91 Å². The highest BCUT2D eigenvalue weighted by molar-refractivity contribution is 5.78. The molecule has 6 heteroatoms. The molecule has 5 aliphatic carbocycles. The number of methoxy groups -OCH3 is 1. The van der Waals surface area contributed by atoms with E-state index in [0.29, 0.717) is 17.8 Å². The summed E-state index contributed by atoms with van der Waals surface area (Å²) in [7, 11) is 1.56. The summed E-state index contributed by atoms with van der Waals surface area (Å²) in [5.74, 6) is 1.92. The SMILES string of the molecule is COC(=O)[C@]12CC[C@@H]([C@@H](C)NC(C)=O)[C@@H]1[C@H]1CC[C@@H]3[C@@]4(C)CC[C@H](OC(C)=O)C(C)(C)[C@@H]4CC[C@@]3(C)[C@]1(C)CC2. The summed E-state index contributed by atoms with van der Waals surface area (Å²) in [5.41, 5.74) is 0.0373. The van der Waals surface area contributed by atoms with Gasteiger partial charge in [-0.05, 0) is 117 Å². The average molecular weight is 558 g/mol. The molecule has 11 atom stereocenters. The molecule has 0 unspecified atom stereocenters. The first kappa shape index (κ1) is 29.9. The minimum absolute atomic E-state index is 0.00975. The van der Waals surface area contributed by atoms with E-state index in [1.54, 1.807) is 21.0 Å². The van der Waals surface area contributed by atoms with Crippen LogP contribution in [0.4, 0.5) is 0 Å². The molecule has 5 rings (SSSR count). The summed E-state index contributed by atoms with van der Waals surface area (Å²) >= 11 is 0. The van der Waals surface area contributed by atoms with E-state index >= 15 is 0 Å². The molecule has 0 radical (unpaired) electrons. The molecule has 0 spiro atoms. The van der Waals surface area contributed by atoms with E-state index in [0.717, 1.165) is 51.4 Å². The summed E-state index contributed by atoms with van der Waals surface area (Å²) < 4.78 is 11.4. The lowest BCUT2D eigenvalue weighted by Gasteiger charge is -2.72. The Morgan fingerprint density at radius 3 is 2.12 bits per heavy atom. The van der Waals surface area contributed by atoms with Gasteiger partial charge in [0.1, 0.15) is 6.10 Å². The van der Waals surface area contributed by atoms with Gasteiger partial charge in [0.25, 0.3) is 0 Å². The number of carbonyl (C=O) groups excluding carboxylic acids is 3. The van der Waals surface area contributed by atoms with E-state index in [4.69, 9.17) is 9.47 Å². The Balaban J connectivity index is 1.52. The molecule has 5 aliphatic rings. The molecule has 0 saturated heterocycles. The van der Waals surface area contributed by atoms with E-state index < -0.39 is 5.41 Å². The molecule has 5 saturated carbocycles. The van der Waals surface area contributed by atoms with Gasteiger partial charge in [0.05, 0.1) is 12.5 Å². The number of ether oxygens (including phenoxy) is 2. The van der Waals surface area contributed by atoms with Gasteiger partial charge in [-0.2, -0.15) is 0 Å². The van der Waals surface area contributed by atoms with Crippen LogP contribution in [0, 0.1) is 56.7 Å². The van der Waals surface area contributed by atoms with Crippen molar-refractivity contribution in [2.75, 3.05) is 7.11 Å². The van der Waals surface area contributed by atoms with Gasteiger partial charge >= 0.3 is 11.9 Å². The zero-order chi connectivity index (χ0) is 29.5. The number of esters is 2. The van der Waals surface area contributed by atoms with Crippen LogP contribution in [0.2, 0.25) is 0 Å². The van der Waals surface area contributed by atoms with Crippen LogP contribution < -0.4 is 5.32 Å². The summed E-state index contributed by atoms with van der Waals surface area (Å²) in [6.45, 7) is 17.7. The molecule has 0 aromatic rings. The maximum Gasteiger partial charge on any atom is 0.312 e. The number of hydrogen-bond acceptors (Lipinski definition) is 5. The molecule has 40 heavy (non-hydrogen) atoms. The second kappa shape index (κ2) is 9.73. The molecule has 0 heterocycles. The van der Waals surface area contributed by atoms with Crippen LogP contribution in [0.15, 0.2) is 0 Å². The first-order chi connectivity index (χ1) is 18.6. The first-order valence-electron chi connectivity index (χ1n) is 16.1. The molecular weight excluding hydrogens is 502 g/mol. The predicted molar refractivity (Wildman–Crippen MR) is 155 cm³/mol. The zero-order valence-electron chi connectivity index (χ0n) is 26.7. The van der Waals surface area contributed by atoms with Crippen molar-refractivity contribution in [2.24, 2.45) is 56.7 Å². The second-order valence-corrected chi connectivity index (χ2v) is 16.0. The molecule has 0 aliphatic heterocycles. The number of rotatable bonds is 4. The molecule has 1 amide bonds. The fourth-order valence-electron chi connectivity index (χ4n) is 12.6. The second-order valence-electron chi connectivity index (χ2n) is 16.0. The molecular formula is C34H55NO5. The standard InChI is InChI=1S/C34H55NO5/c1-20(35-21(2)36)23-12-17-34(29(38)39-9)19-18-32(7)24(28(23)34)10-11-26-31(6)15-14-27(40-22(3)37)30(4,5)25(31)13-16-33(26,32)8/h20,23-28H,10-19H2,1-9H3,(H,35,36)/t20-,23+,24-,25+,26-,27+,28-,31+,32-,33-,34+/m1/s1. The van der Waals surface area contributed by atoms with Crippen molar-refractivity contribution in [3.05, 3.63) is 0 Å². The molecule has 0 aromatic heterocycles. The van der Waals surface area contributed by atoms with Gasteiger partial charge in [0.15, 0.2) is 0 Å². The van der Waals surface area contributed by atoms with Crippen LogP contribution in [0.25, 0.3) is 0 Å². The molecule has 0 bridgehead atoms. The molecule has 0 aromatic carbocycles. The average Bonchev–Trinajstić information content (AvgIpc) is 3.26. The van der Waals surface area contributed by atoms with Crippen LogP contribution in [0.5, 0.6) is 0 Å². The zero-order valence-corrected chi connectivity index (χ0v) is 26.7. The lowest BCUT2D eigenvalue weighted by atomic mass is 9.32. The van der Waals surface area contributed by atoms with Gasteiger partial charge in [-0.3, -0.25) is 14.4 Å². The third-order valence-corrected chi connectivity index (χ3v) is 14.4. The van der Waals surface area contributed by atoms with Gasteiger partial charge in [0, 0.05) is 25.3 Å². The largest absolute Gasteiger partial charge is 0.469 e. The summed E-state index contributed by atoms with van der Waals surface area (Å²) in [4.78, 5) is 37.6. The topological polar surface area (TPSA) is 81.7 Å². The molecule has 6 nitrogen and oxygen atoms in total. The predicted octanol–water partition coefficient (Wildman–Crippen LogP) is 6.70. The number of amides is 1. The Hall–Kier alpha value is -1.59. The minimum atomic E-state index is -0.426. The third-order valence-electron chi connectivity index (χ3n) is 14.4. The van der Waals surface area contributed by atoms with Gasteiger partial charge in [-0.1, -0.05) is 34.6 Å². The summed E-state index contributed by atoms with van der Waals surface area (Å²) in [6.07, 6.45) is 10.5. The summed E-state index contributed by atoms with van der Waals surface area (Å²) in [5, 5.41) is 3.21. The third kappa shape index (κ3) is 3.96. The van der Waals surface area contributed by atoms with Crippen molar-refractivity contribution in [3.8, 4) is 0 Å². The van der Waals surface area contributed by atoms with Crippen LogP contribution in [-0.4, -0.2) is 37.1 Å². The van der Waals surface area contributed by atoms with Crippen LogP contribution in [0.3, 0.4) is 0 Å². The number of carbonyl (C=O) groups is 3. The quantitative estimate of drug-likeness (QED) is 0.389. The Morgan fingerprint density at radius 1 is 0.800 bits per heavy atom. The Bertz CT molecular complexity index is 1050. The van der Waals surface area contributed by atoms with Crippen molar-refractivity contribution in [3.63, 3.8) is 0 Å². The van der Waals surface area contributed by atoms with Crippen molar-refractivity contribution in [2.45, 2.75) is 132 Å². The van der Waals surface area contributed by atoms with Gasteiger partial charge in [-0.25, -0.2) is 0 Å². The van der Waals surface area contributed by atoms with E-state index in [-0.39, 0.29) is 63.5 Å². The van der Waals surface area contributed by atoms with Crippen LogP contribution >= 0.6 is 0 Å². The lowest BCUT2D eigenvalue weighted by molar-refractivity contribution is -0.251. The maximum atomic E-state index is 13.6. The fourth-order valence-corrected chi connectivity index (χ4v) is 12.6. The number of hydrogen-bond donors (Lipinski definition) is 1. The highest BCUT2D eigenvalue weighted by atomic mass is 16.5. The highest BCUT2D eigenvalue weighted by Crippen LogP contribution is 2.77. The smallest absolute Gasteiger partial charge is 0.312 e. The van der Waals surface area contributed by atoms with Gasteiger partial charge < -0.3 is 14.8 Å². The lowest BCUT2D eigenvalue weighted by Crippen LogP contribution is -2.67. The Labute approximate surface area is 242 Å². The van der Waals surface area contributed by atoms with E-state index in [2.05, 4.69) is 46.9 Å².